The summed E-state index contributed by atoms with van der Waals surface area (Å²) in [7, 11) is 2.01. The topological polar surface area (TPSA) is 39.1 Å². The lowest BCUT2D eigenvalue weighted by Gasteiger charge is -2.13. The smallest absolute Gasteiger partial charge is 0.123 e. The molecule has 0 spiro atoms. The molecule has 21 heavy (non-hydrogen) atoms. The number of aromatic nitrogens is 2. The summed E-state index contributed by atoms with van der Waals surface area (Å²) in [4.78, 5) is 4.32. The lowest BCUT2D eigenvalue weighted by Crippen LogP contribution is -2.16. The van der Waals surface area contributed by atoms with Gasteiger partial charge in [0, 0.05) is 44.0 Å². The fourth-order valence-electron chi connectivity index (χ4n) is 2.42. The Bertz CT molecular complexity index is 602. The Labute approximate surface area is 126 Å². The van der Waals surface area contributed by atoms with E-state index in [9.17, 15) is 0 Å². The number of imidazole rings is 1. The van der Waals surface area contributed by atoms with Crippen molar-refractivity contribution < 1.29 is 4.74 Å². The first kappa shape index (κ1) is 14.1. The molecule has 1 N–H and O–H groups in total. The van der Waals surface area contributed by atoms with E-state index in [0.29, 0.717) is 12.6 Å². The van der Waals surface area contributed by atoms with Crippen LogP contribution in [0.2, 0.25) is 0 Å². The molecule has 0 unspecified atom stereocenters. The maximum atomic E-state index is 5.98. The van der Waals surface area contributed by atoms with Crippen LogP contribution in [0.5, 0.6) is 5.75 Å². The molecule has 0 saturated heterocycles. The highest BCUT2D eigenvalue weighted by Crippen LogP contribution is 2.23. The van der Waals surface area contributed by atoms with Gasteiger partial charge < -0.3 is 14.6 Å². The van der Waals surface area contributed by atoms with Gasteiger partial charge in [0.05, 0.1) is 6.61 Å². The zero-order valence-electron chi connectivity index (χ0n) is 12.8. The molecule has 3 rings (SSSR count). The molecule has 2 aromatic rings. The second-order valence-electron chi connectivity index (χ2n) is 5.82. The number of rotatable bonds is 7. The van der Waals surface area contributed by atoms with Crippen LogP contribution in [0, 0.1) is 6.92 Å². The summed E-state index contributed by atoms with van der Waals surface area (Å²) in [5.74, 6) is 2.04. The molecule has 4 heteroatoms. The zero-order valence-corrected chi connectivity index (χ0v) is 12.8. The van der Waals surface area contributed by atoms with Crippen LogP contribution >= 0.6 is 0 Å². The predicted octanol–water partition coefficient (Wildman–Crippen LogP) is 2.60. The Morgan fingerprint density at radius 2 is 2.24 bits per heavy atom. The van der Waals surface area contributed by atoms with Crippen LogP contribution in [0.4, 0.5) is 0 Å². The molecule has 1 aliphatic rings. The molecule has 1 heterocycles. The lowest BCUT2D eigenvalue weighted by atomic mass is 10.1. The van der Waals surface area contributed by atoms with Gasteiger partial charge in [0.2, 0.25) is 0 Å². The molecule has 0 radical (unpaired) electrons. The van der Waals surface area contributed by atoms with E-state index in [4.69, 9.17) is 4.74 Å². The van der Waals surface area contributed by atoms with Crippen LogP contribution in [0.1, 0.15) is 29.8 Å². The number of ether oxygens (including phenoxy) is 1. The summed E-state index contributed by atoms with van der Waals surface area (Å²) in [5, 5.41) is 3.56. The maximum absolute atomic E-state index is 5.98. The molecule has 1 aromatic heterocycles. The summed E-state index contributed by atoms with van der Waals surface area (Å²) in [6.45, 7) is 3.67. The Morgan fingerprint density at radius 3 is 2.95 bits per heavy atom. The Balaban J connectivity index is 1.59. The quantitative estimate of drug-likeness (QED) is 0.850. The number of nitrogens with one attached hydrogen (secondary N) is 1. The Morgan fingerprint density at radius 1 is 1.38 bits per heavy atom. The van der Waals surface area contributed by atoms with Crippen molar-refractivity contribution in [1.29, 1.82) is 0 Å². The highest BCUT2D eigenvalue weighted by molar-refractivity contribution is 5.37. The summed E-state index contributed by atoms with van der Waals surface area (Å²) < 4.78 is 8.02. The third kappa shape index (κ3) is 3.85. The molecular formula is C17H23N3O. The minimum absolute atomic E-state index is 0.657. The third-order valence-corrected chi connectivity index (χ3v) is 3.88. The SMILES string of the molecule is Cc1ccc(OCCc2nccn2C)c(CNC2CC2)c1. The molecule has 112 valence electrons. The van der Waals surface area contributed by atoms with Gasteiger partial charge in [0.1, 0.15) is 11.6 Å². The first-order valence-electron chi connectivity index (χ1n) is 7.64. The standard InChI is InChI=1S/C17H23N3O/c1-13-3-6-16(14(11-13)12-19-15-4-5-15)21-10-7-17-18-8-9-20(17)2/h3,6,8-9,11,15,19H,4-5,7,10,12H2,1-2H3. The lowest BCUT2D eigenvalue weighted by molar-refractivity contribution is 0.313. The van der Waals surface area contributed by atoms with Crippen LogP contribution in [0.25, 0.3) is 0 Å². The van der Waals surface area contributed by atoms with Crippen molar-refractivity contribution in [2.24, 2.45) is 7.05 Å². The average Bonchev–Trinajstić information content (AvgIpc) is 3.21. The molecule has 1 saturated carbocycles. The number of aryl methyl sites for hydroxylation is 2. The van der Waals surface area contributed by atoms with Gasteiger partial charge in [-0.25, -0.2) is 4.98 Å². The number of nitrogens with zero attached hydrogens (tertiary/aromatic N) is 2. The second kappa shape index (κ2) is 6.31. The van der Waals surface area contributed by atoms with E-state index in [-0.39, 0.29) is 0 Å². The molecule has 4 nitrogen and oxygen atoms in total. The van der Waals surface area contributed by atoms with Gasteiger partial charge in [0.15, 0.2) is 0 Å². The second-order valence-corrected chi connectivity index (χ2v) is 5.82. The average molecular weight is 285 g/mol. The van der Waals surface area contributed by atoms with Crippen LogP contribution in [-0.4, -0.2) is 22.2 Å². The van der Waals surface area contributed by atoms with Crippen molar-refractivity contribution in [2.75, 3.05) is 6.61 Å². The molecule has 0 amide bonds. The zero-order chi connectivity index (χ0) is 14.7. The fraction of sp³-hybridized carbons (Fsp3) is 0.471. The van der Waals surface area contributed by atoms with Crippen molar-refractivity contribution in [3.63, 3.8) is 0 Å². The van der Waals surface area contributed by atoms with Crippen LogP contribution in [-0.2, 0) is 20.0 Å². The monoisotopic (exact) mass is 285 g/mol. The van der Waals surface area contributed by atoms with E-state index >= 15 is 0 Å². The van der Waals surface area contributed by atoms with Crippen molar-refractivity contribution in [1.82, 2.24) is 14.9 Å². The van der Waals surface area contributed by atoms with Gasteiger partial charge in [-0.15, -0.1) is 0 Å². The highest BCUT2D eigenvalue weighted by atomic mass is 16.5. The highest BCUT2D eigenvalue weighted by Gasteiger charge is 2.20. The minimum atomic E-state index is 0.657. The van der Waals surface area contributed by atoms with E-state index in [0.717, 1.165) is 24.5 Å². The molecule has 0 aliphatic heterocycles. The molecule has 1 aliphatic carbocycles. The van der Waals surface area contributed by atoms with Crippen molar-refractivity contribution >= 4 is 0 Å². The molecule has 1 fully saturated rings. The van der Waals surface area contributed by atoms with Gasteiger partial charge in [-0.1, -0.05) is 17.7 Å². The molecule has 1 aromatic carbocycles. The fourth-order valence-corrected chi connectivity index (χ4v) is 2.42. The minimum Gasteiger partial charge on any atom is -0.493 e. The van der Waals surface area contributed by atoms with Crippen molar-refractivity contribution in [2.45, 2.75) is 38.8 Å². The molecule has 0 atom stereocenters. The Kier molecular flexibility index (Phi) is 4.25. The molecular weight excluding hydrogens is 262 g/mol. The van der Waals surface area contributed by atoms with Crippen molar-refractivity contribution in [3.05, 3.63) is 47.5 Å². The normalized spacial score (nSPS) is 14.4. The van der Waals surface area contributed by atoms with Crippen molar-refractivity contribution in [3.8, 4) is 5.75 Å². The van der Waals surface area contributed by atoms with E-state index in [2.05, 4.69) is 35.4 Å². The first-order chi connectivity index (χ1) is 10.2. The summed E-state index contributed by atoms with van der Waals surface area (Å²) in [6, 6.07) is 7.12. The van der Waals surface area contributed by atoms with Crippen LogP contribution in [0.15, 0.2) is 30.6 Å². The van der Waals surface area contributed by atoms with Gasteiger partial charge in [-0.05, 0) is 25.8 Å². The van der Waals surface area contributed by atoms with Gasteiger partial charge in [0.25, 0.3) is 0 Å². The predicted molar refractivity (Wildman–Crippen MR) is 83.4 cm³/mol. The third-order valence-electron chi connectivity index (χ3n) is 3.88. The Hall–Kier alpha value is -1.81. The van der Waals surface area contributed by atoms with E-state index in [1.807, 2.05) is 24.0 Å². The molecule has 0 bridgehead atoms. The number of hydrogen-bond acceptors (Lipinski definition) is 3. The summed E-state index contributed by atoms with van der Waals surface area (Å²) >= 11 is 0. The number of hydrogen-bond donors (Lipinski definition) is 1. The van der Waals surface area contributed by atoms with E-state index < -0.39 is 0 Å². The van der Waals surface area contributed by atoms with Gasteiger partial charge in [-0.2, -0.15) is 0 Å². The van der Waals surface area contributed by atoms with E-state index in [1.165, 1.54) is 24.0 Å². The maximum Gasteiger partial charge on any atom is 0.123 e. The van der Waals surface area contributed by atoms with Gasteiger partial charge in [-0.3, -0.25) is 0 Å². The van der Waals surface area contributed by atoms with Crippen LogP contribution < -0.4 is 10.1 Å². The summed E-state index contributed by atoms with van der Waals surface area (Å²) in [6.07, 6.45) is 7.23. The van der Waals surface area contributed by atoms with E-state index in [1.54, 1.807) is 0 Å². The van der Waals surface area contributed by atoms with Crippen LogP contribution in [0.3, 0.4) is 0 Å². The number of benzene rings is 1. The largest absolute Gasteiger partial charge is 0.493 e. The van der Waals surface area contributed by atoms with Gasteiger partial charge >= 0.3 is 0 Å². The first-order valence-corrected chi connectivity index (χ1v) is 7.64. The summed E-state index contributed by atoms with van der Waals surface area (Å²) in [5.41, 5.74) is 2.53.